The molecule has 0 spiro atoms. The molecule has 2 atom stereocenters. The minimum atomic E-state index is -0.845. The molecule has 0 aliphatic carbocycles. The third-order valence-electron chi connectivity index (χ3n) is 5.74. The topological polar surface area (TPSA) is 136 Å². The maximum absolute atomic E-state index is 10.3. The Morgan fingerprint density at radius 2 is 1.69 bits per heavy atom. The Kier molecular flexibility index (Phi) is 11.5. The van der Waals surface area contributed by atoms with E-state index in [0.29, 0.717) is 15.2 Å². The van der Waals surface area contributed by atoms with Gasteiger partial charge in [-0.25, -0.2) is 5.84 Å². The number of aliphatic hydroxyl groups is 3. The monoisotopic (exact) mass is 620 g/mol. The van der Waals surface area contributed by atoms with Crippen molar-refractivity contribution in [1.29, 1.82) is 0 Å². The number of quaternary nitrogens is 1. The van der Waals surface area contributed by atoms with E-state index in [-0.39, 0.29) is 37.7 Å². The van der Waals surface area contributed by atoms with Gasteiger partial charge in [-0.1, -0.05) is 38.1 Å². The number of benzene rings is 2. The molecule has 0 bridgehead atoms. The first-order chi connectivity index (χ1) is 16.5. The highest BCUT2D eigenvalue weighted by Crippen LogP contribution is 2.34. The van der Waals surface area contributed by atoms with Crippen LogP contribution in [-0.4, -0.2) is 64.8 Å². The Morgan fingerprint density at radius 1 is 1.09 bits per heavy atom. The number of aryl methyl sites for hydroxylation is 1. The Balaban J connectivity index is 2.01. The Hall–Kier alpha value is -1.60. The van der Waals surface area contributed by atoms with Gasteiger partial charge < -0.3 is 35.5 Å². The summed E-state index contributed by atoms with van der Waals surface area (Å²) in [5.41, 5.74) is 7.16. The molecule has 194 valence electrons. The lowest BCUT2D eigenvalue weighted by Crippen LogP contribution is -2.50. The van der Waals surface area contributed by atoms with Crippen molar-refractivity contribution in [2.45, 2.75) is 38.4 Å². The van der Waals surface area contributed by atoms with E-state index in [1.165, 1.54) is 5.01 Å². The molecule has 0 heterocycles. The van der Waals surface area contributed by atoms with Gasteiger partial charge >= 0.3 is 0 Å². The van der Waals surface area contributed by atoms with Crippen molar-refractivity contribution < 1.29 is 30.5 Å². The Morgan fingerprint density at radius 3 is 2.23 bits per heavy atom. The number of alkyl halides is 1. The van der Waals surface area contributed by atoms with Gasteiger partial charge in [0.1, 0.15) is 42.6 Å². The van der Waals surface area contributed by atoms with E-state index in [0.717, 1.165) is 22.4 Å². The molecule has 0 saturated carbocycles. The molecular formula is C25H36ClIN3O5+. The molecule has 2 aromatic rings. The van der Waals surface area contributed by atoms with Crippen LogP contribution in [0.15, 0.2) is 51.9 Å². The number of rotatable bonds is 13. The van der Waals surface area contributed by atoms with Crippen LogP contribution in [0.1, 0.15) is 30.5 Å². The molecule has 0 aromatic heterocycles. The van der Waals surface area contributed by atoms with Crippen molar-refractivity contribution in [2.75, 3.05) is 32.2 Å². The van der Waals surface area contributed by atoms with E-state index in [1.54, 1.807) is 0 Å². The summed E-state index contributed by atoms with van der Waals surface area (Å²) in [6, 6.07) is 13.8. The first kappa shape index (κ1) is 29.6. The molecule has 0 aliphatic heterocycles. The molecule has 0 saturated heterocycles. The van der Waals surface area contributed by atoms with Crippen molar-refractivity contribution in [2.24, 2.45) is 5.84 Å². The molecule has 0 aliphatic rings. The van der Waals surface area contributed by atoms with Crippen LogP contribution in [0.25, 0.3) is 0 Å². The summed E-state index contributed by atoms with van der Waals surface area (Å²) < 4.78 is 12.0. The fraction of sp³-hybridized carbons (Fsp3) is 0.440. The first-order valence-electron chi connectivity index (χ1n) is 11.2. The van der Waals surface area contributed by atoms with Crippen LogP contribution < -0.4 is 21.1 Å². The molecular weight excluding hydrogens is 585 g/mol. The molecule has 2 aromatic carbocycles. The van der Waals surface area contributed by atoms with E-state index in [4.69, 9.17) is 26.9 Å². The zero-order valence-electron chi connectivity index (χ0n) is 20.4. The van der Waals surface area contributed by atoms with E-state index in [2.05, 4.69) is 25.6 Å². The smallest absolute Gasteiger partial charge is 0.187 e. The number of halogens is 2. The van der Waals surface area contributed by atoms with Crippen molar-refractivity contribution in [3.8, 4) is 11.5 Å². The van der Waals surface area contributed by atoms with Gasteiger partial charge in [-0.3, -0.25) is 0 Å². The lowest BCUT2D eigenvalue weighted by atomic mass is 9.77. The highest BCUT2D eigenvalue weighted by Gasteiger charge is 2.24. The van der Waals surface area contributed by atoms with Crippen LogP contribution in [0, 0.1) is 6.92 Å². The van der Waals surface area contributed by atoms with Gasteiger partial charge in [-0.05, 0) is 41.8 Å². The average Bonchev–Trinajstić information content (AvgIpc) is 2.82. The number of ether oxygens (including phenoxy) is 2. The fourth-order valence-electron chi connectivity index (χ4n) is 3.48. The first-order valence-corrected chi connectivity index (χ1v) is 12.8. The SMILES string of the molecule is Cc1cc(C(C)(C)c2ccc(OCC(O)CN(N)C(CO)=C([NH3+])I)cc2)ccc1OCC(O)CCl. The van der Waals surface area contributed by atoms with Crippen molar-refractivity contribution >= 4 is 34.2 Å². The lowest BCUT2D eigenvalue weighted by Gasteiger charge is -2.27. The highest BCUT2D eigenvalue weighted by molar-refractivity contribution is 14.1. The molecule has 8 N–H and O–H groups in total. The van der Waals surface area contributed by atoms with Gasteiger partial charge in [0.25, 0.3) is 0 Å². The van der Waals surface area contributed by atoms with Crippen LogP contribution in [0.3, 0.4) is 0 Å². The van der Waals surface area contributed by atoms with Crippen LogP contribution in [-0.2, 0) is 5.41 Å². The molecule has 0 radical (unpaired) electrons. The second-order valence-electron chi connectivity index (χ2n) is 8.88. The zero-order valence-corrected chi connectivity index (χ0v) is 23.3. The van der Waals surface area contributed by atoms with Gasteiger partial charge in [-0.2, -0.15) is 0 Å². The summed E-state index contributed by atoms with van der Waals surface area (Å²) in [5, 5.41) is 30.6. The third kappa shape index (κ3) is 8.49. The van der Waals surface area contributed by atoms with Gasteiger partial charge in [0.05, 0.1) is 19.0 Å². The predicted octanol–water partition coefficient (Wildman–Crippen LogP) is 2.05. The molecule has 8 nitrogen and oxygen atoms in total. The summed E-state index contributed by atoms with van der Waals surface area (Å²) in [4.78, 5) is 0. The number of aliphatic hydroxyl groups excluding tert-OH is 3. The van der Waals surface area contributed by atoms with E-state index in [1.807, 2.05) is 65.9 Å². The summed E-state index contributed by atoms with van der Waals surface area (Å²) in [5.74, 6) is 7.40. The van der Waals surface area contributed by atoms with Gasteiger partial charge in [0.2, 0.25) is 0 Å². The summed E-state index contributed by atoms with van der Waals surface area (Å²) in [7, 11) is 0. The second kappa shape index (κ2) is 13.6. The molecule has 2 unspecified atom stereocenters. The molecule has 10 heteroatoms. The third-order valence-corrected chi connectivity index (χ3v) is 6.72. The van der Waals surface area contributed by atoms with Crippen molar-refractivity contribution in [3.05, 3.63) is 68.6 Å². The van der Waals surface area contributed by atoms with Crippen molar-refractivity contribution in [1.82, 2.24) is 5.01 Å². The summed E-state index contributed by atoms with van der Waals surface area (Å²) in [6.45, 7) is 6.33. The van der Waals surface area contributed by atoms with Gasteiger partial charge in [-0.15, -0.1) is 11.6 Å². The molecule has 0 fully saturated rings. The van der Waals surface area contributed by atoms with E-state index < -0.39 is 12.2 Å². The molecule has 2 rings (SSSR count). The quantitative estimate of drug-likeness (QED) is 0.0761. The standard InChI is InChI=1S/C25H35ClIN3O5/c1-16-10-18(6-9-23(16)35-14-19(32)11-26)25(2,3)17-4-7-21(8-5-17)34-15-20(33)12-30(29)22(13-31)24(27)28/h4-10,19-20,31-33H,11-15,28-29H2,1-3H3/p+1. The van der Waals surface area contributed by atoms with E-state index in [9.17, 15) is 15.3 Å². The molecule has 35 heavy (non-hydrogen) atoms. The number of hydrazine groups is 1. The minimum absolute atomic E-state index is 0.0575. The van der Waals surface area contributed by atoms with Crippen LogP contribution >= 0.6 is 34.2 Å². The highest BCUT2D eigenvalue weighted by atomic mass is 127. The van der Waals surface area contributed by atoms with Crippen molar-refractivity contribution in [3.63, 3.8) is 0 Å². The van der Waals surface area contributed by atoms with E-state index >= 15 is 0 Å². The maximum Gasteiger partial charge on any atom is 0.187 e. The number of nitrogens with zero attached hydrogens (tertiary/aromatic N) is 1. The minimum Gasteiger partial charge on any atom is -0.491 e. The molecule has 0 amide bonds. The number of hydrogen-bond acceptors (Lipinski definition) is 7. The number of hydrogen-bond donors (Lipinski definition) is 5. The predicted molar refractivity (Wildman–Crippen MR) is 145 cm³/mol. The Labute approximate surface area is 225 Å². The lowest BCUT2D eigenvalue weighted by molar-refractivity contribution is -0.283. The van der Waals surface area contributed by atoms with Crippen LogP contribution in [0.4, 0.5) is 0 Å². The number of nitrogens with two attached hydrogens (primary N) is 1. The normalized spacial score (nSPS) is 14.2. The summed E-state index contributed by atoms with van der Waals surface area (Å²) in [6.07, 6.45) is -1.54. The van der Waals surface area contributed by atoms with Gasteiger partial charge in [0, 0.05) is 28.0 Å². The van der Waals surface area contributed by atoms with Crippen LogP contribution in [0.2, 0.25) is 0 Å². The maximum atomic E-state index is 10.3. The summed E-state index contributed by atoms with van der Waals surface area (Å²) >= 11 is 7.61. The fourth-order valence-corrected chi connectivity index (χ4v) is 4.05. The Bertz CT molecular complexity index is 984. The largest absolute Gasteiger partial charge is 0.491 e. The second-order valence-corrected chi connectivity index (χ2v) is 10.5. The van der Waals surface area contributed by atoms with Gasteiger partial charge in [0.15, 0.2) is 3.70 Å². The average molecular weight is 621 g/mol. The zero-order chi connectivity index (χ0) is 26.2. The van der Waals surface area contributed by atoms with Crippen LogP contribution in [0.5, 0.6) is 11.5 Å².